The summed E-state index contributed by atoms with van der Waals surface area (Å²) in [6, 6.07) is 10.6. The van der Waals surface area contributed by atoms with Crippen molar-refractivity contribution in [2.24, 2.45) is 5.92 Å². The molecule has 0 spiro atoms. The van der Waals surface area contributed by atoms with Crippen LogP contribution >= 0.6 is 0 Å². The van der Waals surface area contributed by atoms with E-state index in [1.54, 1.807) is 45.0 Å². The lowest BCUT2D eigenvalue weighted by molar-refractivity contribution is -0.145. The minimum atomic E-state index is -1.10. The Balaban J connectivity index is 1.70. The summed E-state index contributed by atoms with van der Waals surface area (Å²) in [5, 5.41) is 8.40. The molecule has 2 aromatic carbocycles. The van der Waals surface area contributed by atoms with Gasteiger partial charge in [0, 0.05) is 38.2 Å². The topological polar surface area (TPSA) is 146 Å². The number of likely N-dealkylation sites (N-methyl/N-ethyl adjacent to an activating group) is 1. The summed E-state index contributed by atoms with van der Waals surface area (Å²) in [6.07, 6.45) is 3.51. The van der Waals surface area contributed by atoms with E-state index in [1.807, 2.05) is 30.3 Å². The lowest BCUT2D eigenvalue weighted by Crippen LogP contribution is -2.60. The van der Waals surface area contributed by atoms with Crippen LogP contribution in [-0.2, 0) is 30.4 Å². The van der Waals surface area contributed by atoms with Crippen molar-refractivity contribution in [3.63, 3.8) is 0 Å². The van der Waals surface area contributed by atoms with E-state index in [0.29, 0.717) is 29.9 Å². The summed E-state index contributed by atoms with van der Waals surface area (Å²) in [6.45, 7) is 5.32. The third kappa shape index (κ3) is 7.81. The fourth-order valence-corrected chi connectivity index (χ4v) is 5.41. The van der Waals surface area contributed by atoms with E-state index >= 15 is 0 Å². The van der Waals surface area contributed by atoms with Crippen molar-refractivity contribution >= 4 is 36.1 Å². The second-order valence-corrected chi connectivity index (χ2v) is 11.6. The molecule has 2 aromatic rings. The summed E-state index contributed by atoms with van der Waals surface area (Å²) < 4.78 is 11.8. The van der Waals surface area contributed by atoms with Crippen LogP contribution in [-0.4, -0.2) is 90.8 Å². The molecule has 0 saturated carbocycles. The Morgan fingerprint density at radius 2 is 1.87 bits per heavy atom. The van der Waals surface area contributed by atoms with Crippen LogP contribution in [0.25, 0.3) is 6.08 Å². The fraction of sp³-hybridized carbons (Fsp3) is 0.424. The first-order valence-corrected chi connectivity index (χ1v) is 15.0. The van der Waals surface area contributed by atoms with Gasteiger partial charge in [-0.25, -0.2) is 0 Å². The number of methoxy groups -OCH3 is 1. The minimum absolute atomic E-state index is 0.183. The van der Waals surface area contributed by atoms with E-state index in [0.717, 1.165) is 5.56 Å². The molecule has 0 radical (unpaired) electrons. The molecule has 45 heavy (non-hydrogen) atoms. The Morgan fingerprint density at radius 3 is 2.53 bits per heavy atom. The number of hydrogen-bond acceptors (Lipinski definition) is 7. The zero-order valence-electron chi connectivity index (χ0n) is 26.2. The van der Waals surface area contributed by atoms with Crippen LogP contribution in [0.1, 0.15) is 38.3 Å². The molecule has 1 saturated heterocycles. The average Bonchev–Trinajstić information content (AvgIpc) is 3.45. The molecule has 5 amide bonds. The van der Waals surface area contributed by atoms with Gasteiger partial charge in [-0.1, -0.05) is 44.2 Å². The van der Waals surface area contributed by atoms with Gasteiger partial charge in [-0.3, -0.25) is 24.0 Å². The van der Waals surface area contributed by atoms with E-state index in [1.165, 1.54) is 30.2 Å². The quantitative estimate of drug-likeness (QED) is 0.361. The van der Waals surface area contributed by atoms with Crippen molar-refractivity contribution in [1.29, 1.82) is 0 Å². The number of nitrogens with one attached hydrogen (secondary N) is 3. The highest BCUT2D eigenvalue weighted by atomic mass is 16.5. The van der Waals surface area contributed by atoms with E-state index in [9.17, 15) is 24.0 Å². The summed E-state index contributed by atoms with van der Waals surface area (Å²) >= 11 is 0. The van der Waals surface area contributed by atoms with Gasteiger partial charge in [-0.2, -0.15) is 0 Å². The number of benzene rings is 2. The van der Waals surface area contributed by atoms with Crippen molar-refractivity contribution in [2.45, 2.75) is 63.9 Å². The number of amides is 5. The van der Waals surface area contributed by atoms with Gasteiger partial charge in [-0.05, 0) is 42.7 Å². The van der Waals surface area contributed by atoms with E-state index in [4.69, 9.17) is 9.47 Å². The highest BCUT2D eigenvalue weighted by Crippen LogP contribution is 2.30. The predicted molar refractivity (Wildman–Crippen MR) is 167 cm³/mol. The molecule has 5 unspecified atom stereocenters. The van der Waals surface area contributed by atoms with Crippen LogP contribution in [0.15, 0.2) is 54.7 Å². The number of carbonyl (C=O) groups is 5. The first-order valence-electron chi connectivity index (χ1n) is 15.0. The van der Waals surface area contributed by atoms with Crippen LogP contribution in [0.4, 0.5) is 0 Å². The number of ether oxygens (including phenoxy) is 2. The van der Waals surface area contributed by atoms with Gasteiger partial charge in [0.25, 0.3) is 0 Å². The van der Waals surface area contributed by atoms with Crippen LogP contribution < -0.4 is 25.4 Å². The van der Waals surface area contributed by atoms with Crippen molar-refractivity contribution in [1.82, 2.24) is 25.8 Å². The van der Waals surface area contributed by atoms with Gasteiger partial charge in [-0.15, -0.1) is 0 Å². The maximum Gasteiger partial charge on any atom is 0.247 e. The zero-order valence-corrected chi connectivity index (χ0v) is 26.2. The van der Waals surface area contributed by atoms with E-state index in [2.05, 4.69) is 16.0 Å². The number of fused-ring (bicyclic) bond motifs is 3. The molecular formula is C33H41N5O7. The number of likely N-dealkylation sites (tertiary alicyclic amines) is 1. The third-order valence-corrected chi connectivity index (χ3v) is 8.17. The SMILES string of the molecule is COc1ccc2cc1C=CNC(=O)C(Cc1ccccc1)NC(=O)C1C(CCN1C(=O)C(NC(=O)C(C)N(C)C=O)C(C)C)O2. The largest absolute Gasteiger partial charge is 0.496 e. The molecule has 2 aliphatic rings. The Kier molecular flexibility index (Phi) is 10.8. The number of rotatable bonds is 9. The zero-order chi connectivity index (χ0) is 32.7. The van der Waals surface area contributed by atoms with Crippen LogP contribution in [0.3, 0.4) is 0 Å². The smallest absolute Gasteiger partial charge is 0.247 e. The highest BCUT2D eigenvalue weighted by molar-refractivity contribution is 5.96. The molecule has 0 aliphatic carbocycles. The molecule has 2 heterocycles. The Labute approximate surface area is 263 Å². The van der Waals surface area contributed by atoms with Crippen LogP contribution in [0.2, 0.25) is 0 Å². The molecule has 240 valence electrons. The monoisotopic (exact) mass is 619 g/mol. The average molecular weight is 620 g/mol. The number of nitrogens with zero attached hydrogens (tertiary/aromatic N) is 2. The van der Waals surface area contributed by atoms with Gasteiger partial charge in [0.2, 0.25) is 30.0 Å². The minimum Gasteiger partial charge on any atom is -0.496 e. The molecule has 2 aliphatic heterocycles. The van der Waals surface area contributed by atoms with Crippen molar-refractivity contribution in [3.8, 4) is 11.5 Å². The normalized spacial score (nSPS) is 21.0. The molecule has 2 bridgehead atoms. The Bertz CT molecular complexity index is 1430. The number of carbonyl (C=O) groups excluding carboxylic acids is 5. The summed E-state index contributed by atoms with van der Waals surface area (Å²) in [7, 11) is 3.02. The third-order valence-electron chi connectivity index (χ3n) is 8.17. The Hall–Kier alpha value is -4.87. The Morgan fingerprint density at radius 1 is 1.13 bits per heavy atom. The summed E-state index contributed by atoms with van der Waals surface area (Å²) in [4.78, 5) is 68.4. The molecule has 3 N–H and O–H groups in total. The van der Waals surface area contributed by atoms with Crippen LogP contribution in [0.5, 0.6) is 11.5 Å². The van der Waals surface area contributed by atoms with Crippen molar-refractivity contribution in [2.75, 3.05) is 20.7 Å². The highest BCUT2D eigenvalue weighted by Gasteiger charge is 2.46. The van der Waals surface area contributed by atoms with Crippen molar-refractivity contribution in [3.05, 3.63) is 65.9 Å². The molecule has 1 fully saturated rings. The lowest BCUT2D eigenvalue weighted by Gasteiger charge is -2.33. The molecule has 12 heteroatoms. The standard InChI is InChI=1S/C33H41N5O7/c1-20(2)28(36-30(40)21(3)37(4)19-39)33(43)38-16-14-27-29(38)32(42)35-25(17-22-9-7-6-8-10-22)31(41)34-15-13-23-18-24(45-27)11-12-26(23)44-5/h6-13,15,18-21,25,27-29H,14,16-17H2,1-5H3,(H,34,41)(H,35,42)(H,36,40). The lowest BCUT2D eigenvalue weighted by atomic mass is 10.0. The predicted octanol–water partition coefficient (Wildman–Crippen LogP) is 1.49. The molecule has 5 atom stereocenters. The maximum absolute atomic E-state index is 14.1. The molecule has 4 rings (SSSR count). The molecule has 12 nitrogen and oxygen atoms in total. The van der Waals surface area contributed by atoms with Crippen molar-refractivity contribution < 1.29 is 33.4 Å². The maximum atomic E-state index is 14.1. The second-order valence-electron chi connectivity index (χ2n) is 11.6. The van der Waals surface area contributed by atoms with Gasteiger partial charge in [0.15, 0.2) is 0 Å². The van der Waals surface area contributed by atoms with Gasteiger partial charge in [0.1, 0.15) is 41.8 Å². The number of hydrogen-bond donors (Lipinski definition) is 3. The second kappa shape index (κ2) is 14.7. The first-order chi connectivity index (χ1) is 21.5. The first kappa shape index (κ1) is 33.0. The van der Waals surface area contributed by atoms with Crippen LogP contribution in [0, 0.1) is 5.92 Å². The van der Waals surface area contributed by atoms with Gasteiger partial charge in [0.05, 0.1) is 7.11 Å². The van der Waals surface area contributed by atoms with E-state index in [-0.39, 0.29) is 18.9 Å². The van der Waals surface area contributed by atoms with Gasteiger partial charge >= 0.3 is 0 Å². The summed E-state index contributed by atoms with van der Waals surface area (Å²) in [5.41, 5.74) is 1.48. The molecular weight excluding hydrogens is 578 g/mol. The molecule has 0 aromatic heterocycles. The summed E-state index contributed by atoms with van der Waals surface area (Å²) in [5.74, 6) is -1.27. The van der Waals surface area contributed by atoms with Gasteiger partial charge < -0.3 is 35.2 Å². The van der Waals surface area contributed by atoms with E-state index < -0.39 is 53.9 Å². The fourth-order valence-electron chi connectivity index (χ4n) is 5.41.